The van der Waals surface area contributed by atoms with Crippen molar-refractivity contribution >= 4 is 16.6 Å². The molecular weight excluding hydrogens is 260 g/mol. The zero-order valence-corrected chi connectivity index (χ0v) is 10.5. The van der Waals surface area contributed by atoms with Crippen molar-refractivity contribution < 1.29 is 8.78 Å². The Balaban J connectivity index is 1.85. The van der Waals surface area contributed by atoms with Crippen molar-refractivity contribution in [2.45, 2.75) is 6.54 Å². The number of anilines is 1. The summed E-state index contributed by atoms with van der Waals surface area (Å²) in [5, 5.41) is 12.9. The molecule has 0 spiro atoms. The average molecular weight is 271 g/mol. The highest BCUT2D eigenvalue weighted by Gasteiger charge is 2.05. The van der Waals surface area contributed by atoms with Crippen LogP contribution in [-0.2, 0) is 6.54 Å². The summed E-state index contributed by atoms with van der Waals surface area (Å²) >= 11 is 0. The van der Waals surface area contributed by atoms with E-state index in [0.717, 1.165) is 16.8 Å². The van der Waals surface area contributed by atoms with Gasteiger partial charge in [0.15, 0.2) is 17.5 Å². The smallest absolute Gasteiger partial charge is 0.159 e. The lowest BCUT2D eigenvalue weighted by Gasteiger charge is -2.08. The molecule has 3 rings (SSSR count). The molecule has 1 aromatic heterocycles. The van der Waals surface area contributed by atoms with Crippen LogP contribution in [0, 0.1) is 11.6 Å². The van der Waals surface area contributed by atoms with Crippen molar-refractivity contribution in [1.29, 1.82) is 0 Å². The maximum absolute atomic E-state index is 13.1. The molecule has 5 heteroatoms. The van der Waals surface area contributed by atoms with E-state index in [9.17, 15) is 8.78 Å². The molecule has 3 nitrogen and oxygen atoms in total. The number of rotatable bonds is 3. The minimum Gasteiger partial charge on any atom is -0.364 e. The van der Waals surface area contributed by atoms with Gasteiger partial charge < -0.3 is 5.32 Å². The highest BCUT2D eigenvalue weighted by molar-refractivity contribution is 5.90. The zero-order valence-electron chi connectivity index (χ0n) is 10.5. The van der Waals surface area contributed by atoms with Gasteiger partial charge in [-0.05, 0) is 17.7 Å². The zero-order chi connectivity index (χ0) is 13.9. The topological polar surface area (TPSA) is 37.8 Å². The van der Waals surface area contributed by atoms with Crippen molar-refractivity contribution in [3.63, 3.8) is 0 Å². The predicted octanol–water partition coefficient (Wildman–Crippen LogP) is 3.52. The fraction of sp³-hybridized carbons (Fsp3) is 0.0667. The number of nitrogens with zero attached hydrogens (tertiary/aromatic N) is 2. The maximum atomic E-state index is 13.1. The average Bonchev–Trinajstić information content (AvgIpc) is 2.48. The molecule has 1 N–H and O–H groups in total. The van der Waals surface area contributed by atoms with E-state index < -0.39 is 11.6 Å². The Kier molecular flexibility index (Phi) is 3.25. The highest BCUT2D eigenvalue weighted by Crippen LogP contribution is 2.20. The second-order valence-electron chi connectivity index (χ2n) is 4.38. The van der Waals surface area contributed by atoms with E-state index in [1.54, 1.807) is 6.20 Å². The van der Waals surface area contributed by atoms with E-state index in [0.29, 0.717) is 17.9 Å². The first kappa shape index (κ1) is 12.5. The normalized spacial score (nSPS) is 10.7. The molecule has 0 bridgehead atoms. The number of benzene rings is 2. The van der Waals surface area contributed by atoms with Crippen LogP contribution in [0.5, 0.6) is 0 Å². The fourth-order valence-electron chi connectivity index (χ4n) is 1.99. The third kappa shape index (κ3) is 2.42. The number of hydrogen-bond acceptors (Lipinski definition) is 3. The first-order valence-corrected chi connectivity index (χ1v) is 6.12. The Morgan fingerprint density at radius 1 is 1.00 bits per heavy atom. The number of fused-ring (bicyclic) bond motifs is 1. The highest BCUT2D eigenvalue weighted by atomic mass is 19.2. The molecule has 20 heavy (non-hydrogen) atoms. The van der Waals surface area contributed by atoms with Crippen LogP contribution in [0.25, 0.3) is 10.8 Å². The quantitative estimate of drug-likeness (QED) is 0.792. The minimum absolute atomic E-state index is 0.347. The Hall–Kier alpha value is -2.56. The third-order valence-electron chi connectivity index (χ3n) is 3.01. The van der Waals surface area contributed by atoms with E-state index in [-0.39, 0.29) is 0 Å². The summed E-state index contributed by atoms with van der Waals surface area (Å²) in [7, 11) is 0. The molecule has 0 aliphatic rings. The summed E-state index contributed by atoms with van der Waals surface area (Å²) in [6.07, 6.45) is 1.68. The van der Waals surface area contributed by atoms with E-state index in [4.69, 9.17) is 0 Å². The lowest BCUT2D eigenvalue weighted by molar-refractivity contribution is 0.507. The molecule has 0 saturated heterocycles. The molecule has 0 aliphatic heterocycles. The van der Waals surface area contributed by atoms with Crippen LogP contribution in [0.4, 0.5) is 14.6 Å². The SMILES string of the molecule is Fc1ccc(CNc2nncc3ccccc23)cc1F. The second kappa shape index (κ2) is 5.21. The van der Waals surface area contributed by atoms with Crippen molar-refractivity contribution in [2.24, 2.45) is 0 Å². The van der Waals surface area contributed by atoms with Gasteiger partial charge in [0, 0.05) is 17.3 Å². The van der Waals surface area contributed by atoms with Crippen molar-refractivity contribution in [1.82, 2.24) is 10.2 Å². The van der Waals surface area contributed by atoms with Gasteiger partial charge in [-0.2, -0.15) is 5.10 Å². The van der Waals surface area contributed by atoms with Gasteiger partial charge in [0.1, 0.15) is 0 Å². The van der Waals surface area contributed by atoms with Gasteiger partial charge in [0.05, 0.1) is 6.20 Å². The maximum Gasteiger partial charge on any atom is 0.159 e. The van der Waals surface area contributed by atoms with Gasteiger partial charge >= 0.3 is 0 Å². The molecular formula is C15H11F2N3. The molecule has 0 radical (unpaired) electrons. The van der Waals surface area contributed by atoms with Crippen molar-refractivity contribution in [3.05, 3.63) is 65.9 Å². The van der Waals surface area contributed by atoms with Crippen LogP contribution in [0.1, 0.15) is 5.56 Å². The van der Waals surface area contributed by atoms with Crippen LogP contribution < -0.4 is 5.32 Å². The van der Waals surface area contributed by atoms with E-state index in [2.05, 4.69) is 15.5 Å². The van der Waals surface area contributed by atoms with Gasteiger partial charge in [0.2, 0.25) is 0 Å². The number of halogens is 2. The predicted molar refractivity (Wildman–Crippen MR) is 73.2 cm³/mol. The monoisotopic (exact) mass is 271 g/mol. The summed E-state index contributed by atoms with van der Waals surface area (Å²) in [5.41, 5.74) is 0.638. The van der Waals surface area contributed by atoms with Crippen molar-refractivity contribution in [3.8, 4) is 0 Å². The Bertz CT molecular complexity index is 754. The first-order valence-electron chi connectivity index (χ1n) is 6.12. The van der Waals surface area contributed by atoms with Crippen LogP contribution in [0.2, 0.25) is 0 Å². The molecule has 2 aromatic carbocycles. The molecule has 0 fully saturated rings. The van der Waals surface area contributed by atoms with Crippen LogP contribution in [0.3, 0.4) is 0 Å². The van der Waals surface area contributed by atoms with Gasteiger partial charge in [-0.3, -0.25) is 0 Å². The molecule has 0 unspecified atom stereocenters. The number of aromatic nitrogens is 2. The summed E-state index contributed by atoms with van der Waals surface area (Å²) in [5.74, 6) is -1.08. The molecule has 0 saturated carbocycles. The summed E-state index contributed by atoms with van der Waals surface area (Å²) in [6, 6.07) is 11.5. The van der Waals surface area contributed by atoms with Crippen molar-refractivity contribution in [2.75, 3.05) is 5.32 Å². The molecule has 0 aliphatic carbocycles. The standard InChI is InChI=1S/C15H11F2N3/c16-13-6-5-10(7-14(13)17)8-18-15-12-4-2-1-3-11(12)9-19-20-15/h1-7,9H,8H2,(H,18,20). The van der Waals surface area contributed by atoms with Gasteiger partial charge in [-0.15, -0.1) is 5.10 Å². The van der Waals surface area contributed by atoms with Gasteiger partial charge in [0.25, 0.3) is 0 Å². The molecule has 100 valence electrons. The fourth-order valence-corrected chi connectivity index (χ4v) is 1.99. The molecule has 1 heterocycles. The molecule has 3 aromatic rings. The van der Waals surface area contributed by atoms with Gasteiger partial charge in [-0.25, -0.2) is 8.78 Å². The summed E-state index contributed by atoms with van der Waals surface area (Å²) in [4.78, 5) is 0. The lowest BCUT2D eigenvalue weighted by Crippen LogP contribution is -2.03. The van der Waals surface area contributed by atoms with Crippen LogP contribution >= 0.6 is 0 Å². The Morgan fingerprint density at radius 3 is 2.70 bits per heavy atom. The van der Waals surface area contributed by atoms with E-state index in [1.165, 1.54) is 12.1 Å². The number of hydrogen-bond donors (Lipinski definition) is 1. The van der Waals surface area contributed by atoms with Crippen LogP contribution in [0.15, 0.2) is 48.7 Å². The van der Waals surface area contributed by atoms with E-state index in [1.807, 2.05) is 24.3 Å². The number of nitrogens with one attached hydrogen (secondary N) is 1. The van der Waals surface area contributed by atoms with E-state index >= 15 is 0 Å². The Labute approximate surface area is 114 Å². The largest absolute Gasteiger partial charge is 0.364 e. The Morgan fingerprint density at radius 2 is 1.85 bits per heavy atom. The molecule has 0 amide bonds. The molecule has 0 atom stereocenters. The summed E-state index contributed by atoms with van der Waals surface area (Å²) in [6.45, 7) is 0.347. The second-order valence-corrected chi connectivity index (χ2v) is 4.38. The lowest BCUT2D eigenvalue weighted by atomic mass is 10.2. The van der Waals surface area contributed by atoms with Gasteiger partial charge in [-0.1, -0.05) is 30.3 Å². The minimum atomic E-state index is -0.853. The summed E-state index contributed by atoms with van der Waals surface area (Å²) < 4.78 is 26.0. The third-order valence-corrected chi connectivity index (χ3v) is 3.01. The first-order chi connectivity index (χ1) is 9.74. The van der Waals surface area contributed by atoms with Crippen LogP contribution in [-0.4, -0.2) is 10.2 Å².